The quantitative estimate of drug-likeness (QED) is 0.314. The topological polar surface area (TPSA) is 21.3 Å². The van der Waals surface area contributed by atoms with Crippen LogP contribution in [0.25, 0.3) is 0 Å². The predicted molar refractivity (Wildman–Crippen MR) is 141 cm³/mol. The average molecular weight is 460 g/mol. The summed E-state index contributed by atoms with van der Waals surface area (Å²) >= 11 is 0. The molecule has 0 spiro atoms. The van der Waals surface area contributed by atoms with Crippen LogP contribution >= 0.6 is 0 Å². The first-order valence-corrected chi connectivity index (χ1v) is 15.2. The van der Waals surface area contributed by atoms with Crippen LogP contribution in [0.4, 0.5) is 0 Å². The Balaban J connectivity index is 1.29. The molecule has 0 aromatic rings. The molecule has 4 saturated carbocycles. The van der Waals surface area contributed by atoms with Gasteiger partial charge >= 0.3 is 0 Å². The van der Waals surface area contributed by atoms with Crippen molar-refractivity contribution in [3.8, 4) is 0 Å². The first-order valence-electron chi connectivity index (χ1n) is 15.2. The van der Waals surface area contributed by atoms with E-state index in [-0.39, 0.29) is 0 Å². The number of hydrogen-bond acceptors (Lipinski definition) is 2. The van der Waals surface area contributed by atoms with Crippen molar-refractivity contribution in [3.63, 3.8) is 0 Å². The lowest BCUT2D eigenvalue weighted by Gasteiger charge is -2.61. The smallest absolute Gasteiger partial charge is 0.0466 e. The second kappa shape index (κ2) is 11.3. The van der Waals surface area contributed by atoms with Gasteiger partial charge < -0.3 is 10.1 Å². The number of fused-ring (bicyclic) bond motifs is 5. The monoisotopic (exact) mass is 459 g/mol. The van der Waals surface area contributed by atoms with Gasteiger partial charge in [0, 0.05) is 19.3 Å². The lowest BCUT2D eigenvalue weighted by Crippen LogP contribution is -2.55. The molecule has 2 heteroatoms. The minimum atomic E-state index is 0.618. The van der Waals surface area contributed by atoms with E-state index in [9.17, 15) is 0 Å². The van der Waals surface area contributed by atoms with E-state index in [0.29, 0.717) is 10.8 Å². The molecule has 4 unspecified atom stereocenters. The van der Waals surface area contributed by atoms with Crippen LogP contribution in [0.15, 0.2) is 0 Å². The van der Waals surface area contributed by atoms with Gasteiger partial charge in [-0.3, -0.25) is 0 Å². The SMILES string of the molecule is CCCCCCOCCCC(C)C1CC[C@H]2[C@@H]3CCC4CC(NC)CC[C@]4(C)[C@@H]3CC[C@]12C. The molecule has 9 atom stereocenters. The third kappa shape index (κ3) is 5.23. The van der Waals surface area contributed by atoms with Gasteiger partial charge in [-0.05, 0) is 130 Å². The molecule has 0 saturated heterocycles. The molecular weight excluding hydrogens is 402 g/mol. The minimum absolute atomic E-state index is 0.618. The summed E-state index contributed by atoms with van der Waals surface area (Å²) in [6.07, 6.45) is 21.4. The van der Waals surface area contributed by atoms with Gasteiger partial charge in [-0.25, -0.2) is 0 Å². The highest BCUT2D eigenvalue weighted by Gasteiger charge is 2.60. The van der Waals surface area contributed by atoms with Crippen LogP contribution in [0.2, 0.25) is 0 Å². The molecule has 0 amide bonds. The molecule has 4 rings (SSSR count). The van der Waals surface area contributed by atoms with Crippen molar-refractivity contribution >= 4 is 0 Å². The number of unbranched alkanes of at least 4 members (excludes halogenated alkanes) is 3. The summed E-state index contributed by atoms with van der Waals surface area (Å²) < 4.78 is 5.97. The third-order valence-electron chi connectivity index (χ3n) is 11.9. The number of ether oxygens (including phenoxy) is 1. The van der Waals surface area contributed by atoms with Crippen LogP contribution in [0.5, 0.6) is 0 Å². The summed E-state index contributed by atoms with van der Waals surface area (Å²) in [5, 5.41) is 3.61. The second-order valence-electron chi connectivity index (χ2n) is 13.4. The van der Waals surface area contributed by atoms with E-state index in [0.717, 1.165) is 54.8 Å². The summed E-state index contributed by atoms with van der Waals surface area (Å²) in [6, 6.07) is 0.783. The van der Waals surface area contributed by atoms with Crippen molar-refractivity contribution < 1.29 is 4.74 Å². The van der Waals surface area contributed by atoms with Gasteiger partial charge in [-0.2, -0.15) is 0 Å². The van der Waals surface area contributed by atoms with Gasteiger partial charge in [0.25, 0.3) is 0 Å². The molecular formula is C31H57NO. The van der Waals surface area contributed by atoms with E-state index in [4.69, 9.17) is 4.74 Å². The van der Waals surface area contributed by atoms with E-state index in [1.165, 1.54) is 96.3 Å². The minimum Gasteiger partial charge on any atom is -0.381 e. The molecule has 0 heterocycles. The summed E-state index contributed by atoms with van der Waals surface area (Å²) in [4.78, 5) is 0. The van der Waals surface area contributed by atoms with Crippen molar-refractivity contribution in [2.75, 3.05) is 20.3 Å². The van der Waals surface area contributed by atoms with Crippen LogP contribution in [-0.2, 0) is 4.74 Å². The molecule has 0 bridgehead atoms. The molecule has 192 valence electrons. The molecule has 0 aromatic heterocycles. The van der Waals surface area contributed by atoms with Gasteiger partial charge in [-0.15, -0.1) is 0 Å². The van der Waals surface area contributed by atoms with Crippen molar-refractivity contribution in [3.05, 3.63) is 0 Å². The van der Waals surface area contributed by atoms with Crippen LogP contribution < -0.4 is 5.32 Å². The fourth-order valence-electron chi connectivity index (χ4n) is 9.94. The maximum absolute atomic E-state index is 5.97. The number of rotatable bonds is 11. The lowest BCUT2D eigenvalue weighted by atomic mass is 9.44. The Morgan fingerprint density at radius 2 is 1.61 bits per heavy atom. The Bertz CT molecular complexity index is 606. The van der Waals surface area contributed by atoms with Crippen molar-refractivity contribution in [1.29, 1.82) is 0 Å². The molecule has 0 aromatic carbocycles. The van der Waals surface area contributed by atoms with E-state index in [1.807, 2.05) is 0 Å². The highest BCUT2D eigenvalue weighted by atomic mass is 16.5. The molecule has 4 fully saturated rings. The third-order valence-corrected chi connectivity index (χ3v) is 11.9. The highest BCUT2D eigenvalue weighted by Crippen LogP contribution is 2.68. The summed E-state index contributed by atoms with van der Waals surface area (Å²) in [5.41, 5.74) is 1.25. The fraction of sp³-hybridized carbons (Fsp3) is 1.00. The fourth-order valence-corrected chi connectivity index (χ4v) is 9.94. The Morgan fingerprint density at radius 1 is 0.848 bits per heavy atom. The second-order valence-corrected chi connectivity index (χ2v) is 13.4. The molecule has 2 nitrogen and oxygen atoms in total. The van der Waals surface area contributed by atoms with E-state index in [1.54, 1.807) is 0 Å². The van der Waals surface area contributed by atoms with Gasteiger partial charge in [0.1, 0.15) is 0 Å². The Morgan fingerprint density at radius 3 is 2.39 bits per heavy atom. The van der Waals surface area contributed by atoms with Gasteiger partial charge in [-0.1, -0.05) is 47.0 Å². The average Bonchev–Trinajstić information content (AvgIpc) is 3.17. The number of nitrogens with one attached hydrogen (secondary N) is 1. The van der Waals surface area contributed by atoms with E-state index >= 15 is 0 Å². The molecule has 4 aliphatic carbocycles. The number of hydrogen-bond donors (Lipinski definition) is 1. The Hall–Kier alpha value is -0.0800. The first-order chi connectivity index (χ1) is 15.9. The van der Waals surface area contributed by atoms with Gasteiger partial charge in [0.2, 0.25) is 0 Å². The first kappa shape index (κ1) is 26.0. The zero-order chi connectivity index (χ0) is 23.5. The molecule has 0 aliphatic heterocycles. The molecule has 4 aliphatic rings. The maximum atomic E-state index is 5.97. The van der Waals surface area contributed by atoms with Crippen LogP contribution in [-0.4, -0.2) is 26.3 Å². The molecule has 0 radical (unpaired) electrons. The lowest BCUT2D eigenvalue weighted by molar-refractivity contribution is -0.117. The zero-order valence-electron chi connectivity index (χ0n) is 23.0. The van der Waals surface area contributed by atoms with Gasteiger partial charge in [0.05, 0.1) is 0 Å². The normalized spacial score (nSPS) is 43.5. The maximum Gasteiger partial charge on any atom is 0.0466 e. The van der Waals surface area contributed by atoms with E-state index in [2.05, 4.69) is 40.1 Å². The Kier molecular flexibility index (Phi) is 8.92. The van der Waals surface area contributed by atoms with Crippen molar-refractivity contribution in [1.82, 2.24) is 5.32 Å². The summed E-state index contributed by atoms with van der Waals surface area (Å²) in [7, 11) is 2.19. The largest absolute Gasteiger partial charge is 0.381 e. The zero-order valence-corrected chi connectivity index (χ0v) is 23.0. The Labute approximate surface area is 206 Å². The standard InChI is InChI=1S/C31H57NO/c1-6-7-8-9-20-33-21-10-11-23(2)27-14-15-28-26-13-12-24-22-25(32-5)16-18-30(24,3)29(26)17-19-31(27,28)4/h23-29,32H,6-22H2,1-5H3/t23?,24?,25?,26-,27?,28-,29+,30-,31+/m0/s1. The van der Waals surface area contributed by atoms with E-state index < -0.39 is 0 Å². The van der Waals surface area contributed by atoms with Crippen LogP contribution in [0, 0.1) is 46.3 Å². The molecule has 33 heavy (non-hydrogen) atoms. The predicted octanol–water partition coefficient (Wildman–Crippen LogP) is 8.25. The van der Waals surface area contributed by atoms with Crippen LogP contribution in [0.3, 0.4) is 0 Å². The van der Waals surface area contributed by atoms with Gasteiger partial charge in [0.15, 0.2) is 0 Å². The summed E-state index contributed by atoms with van der Waals surface area (Å²) in [6.45, 7) is 12.3. The summed E-state index contributed by atoms with van der Waals surface area (Å²) in [5.74, 6) is 5.87. The highest BCUT2D eigenvalue weighted by molar-refractivity contribution is 5.10. The van der Waals surface area contributed by atoms with Crippen molar-refractivity contribution in [2.24, 2.45) is 46.3 Å². The van der Waals surface area contributed by atoms with Crippen molar-refractivity contribution in [2.45, 2.75) is 130 Å². The molecule has 1 N–H and O–H groups in total. The van der Waals surface area contributed by atoms with Crippen LogP contribution in [0.1, 0.15) is 124 Å².